The molecule has 0 saturated heterocycles. The van der Waals surface area contributed by atoms with Crippen LogP contribution in [-0.4, -0.2) is 20.7 Å². The molecule has 1 amide bonds. The number of carbonyl (C=O) groups is 1. The highest BCUT2D eigenvalue weighted by molar-refractivity contribution is 5.94. The summed E-state index contributed by atoms with van der Waals surface area (Å²) < 4.78 is 20.6. The molecule has 2 N–H and O–H groups in total. The summed E-state index contributed by atoms with van der Waals surface area (Å²) in [6.45, 7) is 2.31. The van der Waals surface area contributed by atoms with Crippen molar-refractivity contribution in [1.82, 2.24) is 20.1 Å². The van der Waals surface area contributed by atoms with Crippen LogP contribution in [0.4, 0.5) is 15.8 Å². The molecule has 8 nitrogen and oxygen atoms in total. The van der Waals surface area contributed by atoms with Crippen LogP contribution in [0.3, 0.4) is 0 Å². The molecule has 0 aliphatic carbocycles. The number of halogens is 1. The summed E-state index contributed by atoms with van der Waals surface area (Å²) >= 11 is 0. The largest absolute Gasteiger partial charge is 0.453 e. The number of rotatable bonds is 8. The fourth-order valence-corrected chi connectivity index (χ4v) is 3.84. The van der Waals surface area contributed by atoms with Gasteiger partial charge in [0.25, 0.3) is 11.5 Å². The third kappa shape index (κ3) is 6.16. The highest BCUT2D eigenvalue weighted by Crippen LogP contribution is 2.29. The summed E-state index contributed by atoms with van der Waals surface area (Å²) in [7, 11) is 0. The molecule has 5 aromatic rings. The topological polar surface area (TPSA) is 98.1 Å². The second-order valence-electron chi connectivity index (χ2n) is 8.74. The first-order valence-corrected chi connectivity index (χ1v) is 12.1. The molecule has 2 aromatic heterocycles. The Hall–Kier alpha value is -5.31. The Bertz CT molecular complexity index is 1650. The van der Waals surface area contributed by atoms with E-state index in [4.69, 9.17) is 4.74 Å². The fourth-order valence-electron chi connectivity index (χ4n) is 3.84. The molecule has 0 saturated carbocycles. The van der Waals surface area contributed by atoms with Crippen molar-refractivity contribution in [3.05, 3.63) is 136 Å². The lowest BCUT2D eigenvalue weighted by Gasteiger charge is -2.15. The first-order valence-electron chi connectivity index (χ1n) is 12.1. The van der Waals surface area contributed by atoms with Crippen LogP contribution in [0.2, 0.25) is 0 Å². The Labute approximate surface area is 223 Å². The summed E-state index contributed by atoms with van der Waals surface area (Å²) in [6, 6.07) is 23.2. The van der Waals surface area contributed by atoms with Crippen molar-refractivity contribution in [3.63, 3.8) is 0 Å². The molecule has 0 unspecified atom stereocenters. The number of amides is 1. The maximum absolute atomic E-state index is 13.5. The molecule has 0 bridgehead atoms. The molecule has 0 aliphatic rings. The number of carbonyl (C=O) groups excluding carboxylic acids is 1. The molecule has 3 aromatic carbocycles. The van der Waals surface area contributed by atoms with Gasteiger partial charge < -0.3 is 15.4 Å². The lowest BCUT2D eigenvalue weighted by Crippen LogP contribution is -2.24. The first kappa shape index (κ1) is 25.3. The number of ether oxygens (including phenoxy) is 1. The van der Waals surface area contributed by atoms with Gasteiger partial charge in [0.1, 0.15) is 11.6 Å². The van der Waals surface area contributed by atoms with Crippen molar-refractivity contribution >= 4 is 17.3 Å². The van der Waals surface area contributed by atoms with Gasteiger partial charge in [0, 0.05) is 30.2 Å². The van der Waals surface area contributed by atoms with Crippen LogP contribution in [0.5, 0.6) is 11.5 Å². The highest BCUT2D eigenvalue weighted by Gasteiger charge is 2.16. The van der Waals surface area contributed by atoms with Crippen LogP contribution in [0, 0.1) is 12.7 Å². The van der Waals surface area contributed by atoms with Gasteiger partial charge in [-0.2, -0.15) is 9.78 Å². The predicted molar refractivity (Wildman–Crippen MR) is 146 cm³/mol. The second kappa shape index (κ2) is 11.4. The van der Waals surface area contributed by atoms with E-state index in [1.54, 1.807) is 42.7 Å². The van der Waals surface area contributed by atoms with Crippen molar-refractivity contribution in [2.75, 3.05) is 5.32 Å². The number of hydrogen-bond donors (Lipinski definition) is 2. The van der Waals surface area contributed by atoms with Crippen molar-refractivity contribution in [1.29, 1.82) is 0 Å². The Morgan fingerprint density at radius 2 is 1.72 bits per heavy atom. The minimum atomic E-state index is -0.495. The van der Waals surface area contributed by atoms with Gasteiger partial charge in [-0.15, -0.1) is 0 Å². The minimum Gasteiger partial charge on any atom is -0.453 e. The second-order valence-corrected chi connectivity index (χ2v) is 8.74. The number of nitrogens with zero attached hydrogens (tertiary/aromatic N) is 3. The van der Waals surface area contributed by atoms with E-state index >= 15 is 0 Å². The molecule has 0 aliphatic heterocycles. The van der Waals surface area contributed by atoms with Gasteiger partial charge in [0.05, 0.1) is 11.9 Å². The van der Waals surface area contributed by atoms with Gasteiger partial charge in [0.2, 0.25) is 0 Å². The molecular weight excluding hydrogens is 497 g/mol. The van der Waals surface area contributed by atoms with Crippen LogP contribution in [0.1, 0.15) is 21.5 Å². The standard InChI is InChI=1S/C30H24FN5O3/c1-20-3-2-4-26(17-20)39-27-19-34-36(25-11-7-23(31)8-12-25)30(38)28(27)35-24-9-5-22(6-10-24)29(37)33-18-21-13-15-32-16-14-21/h2-17,19,35H,18H2,1H3,(H,33,37). The number of pyridine rings is 1. The molecule has 0 spiro atoms. The van der Waals surface area contributed by atoms with Gasteiger partial charge in [-0.3, -0.25) is 14.6 Å². The number of anilines is 2. The van der Waals surface area contributed by atoms with E-state index < -0.39 is 11.4 Å². The molecule has 0 radical (unpaired) electrons. The van der Waals surface area contributed by atoms with E-state index in [0.29, 0.717) is 29.2 Å². The average Bonchev–Trinajstić information content (AvgIpc) is 2.95. The normalized spacial score (nSPS) is 10.6. The average molecular weight is 522 g/mol. The van der Waals surface area contributed by atoms with E-state index in [-0.39, 0.29) is 17.3 Å². The van der Waals surface area contributed by atoms with Crippen molar-refractivity contribution in [2.24, 2.45) is 0 Å². The maximum Gasteiger partial charge on any atom is 0.299 e. The number of aromatic nitrogens is 3. The van der Waals surface area contributed by atoms with Crippen molar-refractivity contribution < 1.29 is 13.9 Å². The van der Waals surface area contributed by atoms with E-state index in [0.717, 1.165) is 15.8 Å². The summed E-state index contributed by atoms with van der Waals surface area (Å²) in [6.07, 6.45) is 4.76. The molecule has 39 heavy (non-hydrogen) atoms. The minimum absolute atomic E-state index is 0.130. The Kier molecular flexibility index (Phi) is 7.40. The maximum atomic E-state index is 13.5. The molecule has 9 heteroatoms. The van der Waals surface area contributed by atoms with Crippen LogP contribution in [-0.2, 0) is 6.54 Å². The predicted octanol–water partition coefficient (Wildman–Crippen LogP) is 5.54. The quantitative estimate of drug-likeness (QED) is 0.278. The summed E-state index contributed by atoms with van der Waals surface area (Å²) in [4.78, 5) is 30.1. The SMILES string of the molecule is Cc1cccc(Oc2cnn(-c3ccc(F)cc3)c(=O)c2Nc2ccc(C(=O)NCc3ccncc3)cc2)c1. The molecule has 5 rings (SSSR count). The first-order chi connectivity index (χ1) is 19.0. The number of aryl methyl sites for hydroxylation is 1. The van der Waals surface area contributed by atoms with Crippen molar-refractivity contribution in [2.45, 2.75) is 13.5 Å². The van der Waals surface area contributed by atoms with Gasteiger partial charge in [-0.1, -0.05) is 12.1 Å². The summed E-state index contributed by atoms with van der Waals surface area (Å²) in [5.41, 5.74) is 2.98. The molecule has 0 fully saturated rings. The zero-order chi connectivity index (χ0) is 27.2. The van der Waals surface area contributed by atoms with Crippen LogP contribution < -0.4 is 20.9 Å². The number of benzene rings is 3. The Morgan fingerprint density at radius 1 is 0.974 bits per heavy atom. The third-order valence-electron chi connectivity index (χ3n) is 5.85. The van der Waals surface area contributed by atoms with Crippen LogP contribution in [0.25, 0.3) is 5.69 Å². The lowest BCUT2D eigenvalue weighted by atomic mass is 10.2. The van der Waals surface area contributed by atoms with E-state index in [1.807, 2.05) is 37.3 Å². The van der Waals surface area contributed by atoms with Gasteiger partial charge >= 0.3 is 0 Å². The third-order valence-corrected chi connectivity index (χ3v) is 5.85. The van der Waals surface area contributed by atoms with Gasteiger partial charge in [0.15, 0.2) is 11.4 Å². The van der Waals surface area contributed by atoms with Gasteiger partial charge in [-0.05, 0) is 90.8 Å². The van der Waals surface area contributed by atoms with Crippen molar-refractivity contribution in [3.8, 4) is 17.2 Å². The number of nitrogens with one attached hydrogen (secondary N) is 2. The Balaban J connectivity index is 1.42. The molecular formula is C30H24FN5O3. The Morgan fingerprint density at radius 3 is 2.44 bits per heavy atom. The number of hydrogen-bond acceptors (Lipinski definition) is 6. The monoisotopic (exact) mass is 521 g/mol. The van der Waals surface area contributed by atoms with E-state index in [9.17, 15) is 14.0 Å². The summed E-state index contributed by atoms with van der Waals surface area (Å²) in [5, 5.41) is 10.2. The zero-order valence-electron chi connectivity index (χ0n) is 21.0. The van der Waals surface area contributed by atoms with Crippen LogP contribution >= 0.6 is 0 Å². The smallest absolute Gasteiger partial charge is 0.299 e. The molecule has 194 valence electrons. The lowest BCUT2D eigenvalue weighted by molar-refractivity contribution is 0.0951. The zero-order valence-corrected chi connectivity index (χ0v) is 21.0. The molecule has 0 atom stereocenters. The summed E-state index contributed by atoms with van der Waals surface area (Å²) in [5.74, 6) is 0.0991. The fraction of sp³-hybridized carbons (Fsp3) is 0.0667. The van der Waals surface area contributed by atoms with E-state index in [1.165, 1.54) is 30.5 Å². The molecule has 2 heterocycles. The van der Waals surface area contributed by atoms with Gasteiger partial charge in [-0.25, -0.2) is 4.39 Å². The highest BCUT2D eigenvalue weighted by atomic mass is 19.1. The van der Waals surface area contributed by atoms with E-state index in [2.05, 4.69) is 20.7 Å². The van der Waals surface area contributed by atoms with Crippen LogP contribution in [0.15, 0.2) is 108 Å².